The summed E-state index contributed by atoms with van der Waals surface area (Å²) in [5.74, 6) is -2.57. The summed E-state index contributed by atoms with van der Waals surface area (Å²) < 4.78 is 41.2. The zero-order chi connectivity index (χ0) is 26.9. The van der Waals surface area contributed by atoms with Crippen molar-refractivity contribution < 1.29 is 18.0 Å². The molecule has 1 aromatic heterocycles. The summed E-state index contributed by atoms with van der Waals surface area (Å²) in [7, 11) is 0. The van der Waals surface area contributed by atoms with Gasteiger partial charge in [0.1, 0.15) is 6.29 Å². The molecule has 1 amide bonds. The fourth-order valence-corrected chi connectivity index (χ4v) is 5.91. The van der Waals surface area contributed by atoms with Crippen LogP contribution in [0.25, 0.3) is 0 Å². The Balaban J connectivity index is 1.57. The molecule has 3 heterocycles. The Morgan fingerprint density at radius 2 is 1.89 bits per heavy atom. The normalized spacial score (nSPS) is 31.9. The number of amides is 1. The van der Waals surface area contributed by atoms with Gasteiger partial charge in [-0.2, -0.15) is 13.2 Å². The minimum Gasteiger partial charge on any atom is -0.369 e. The number of nitrogens with zero attached hydrogens (tertiary/aromatic N) is 2. The van der Waals surface area contributed by atoms with Crippen LogP contribution in [0, 0.1) is 11.8 Å². The van der Waals surface area contributed by atoms with Crippen molar-refractivity contribution in [1.82, 2.24) is 20.1 Å². The van der Waals surface area contributed by atoms with Gasteiger partial charge in [-0.3, -0.25) is 25.1 Å². The van der Waals surface area contributed by atoms with Crippen LogP contribution in [-0.2, 0) is 4.79 Å². The molecule has 0 spiro atoms. The monoisotopic (exact) mass is 527 g/mol. The van der Waals surface area contributed by atoms with Gasteiger partial charge >= 0.3 is 6.18 Å². The molecule has 3 fully saturated rings. The van der Waals surface area contributed by atoms with Crippen LogP contribution in [0.4, 0.5) is 18.9 Å². The van der Waals surface area contributed by atoms with Crippen LogP contribution < -0.4 is 33.0 Å². The molecule has 2 aliphatic heterocycles. The van der Waals surface area contributed by atoms with E-state index in [9.17, 15) is 22.8 Å². The molecule has 3 unspecified atom stereocenters. The Morgan fingerprint density at radius 3 is 2.49 bits per heavy atom. The van der Waals surface area contributed by atoms with Gasteiger partial charge in [0.05, 0.1) is 23.7 Å². The SMILES string of the molecule is CC(C)n1cc(NC2NC(N3CCC[C@H](N)C3)NCC2C(N)=O)cc(C2CCC(C(F)(F)F)CC2)c1=O. The molecule has 12 heteroatoms. The van der Waals surface area contributed by atoms with Crippen molar-refractivity contribution in [3.8, 4) is 0 Å². The number of nitrogens with one attached hydrogen (secondary N) is 3. The molecular formula is C25H40F3N7O2. The summed E-state index contributed by atoms with van der Waals surface area (Å²) in [6.07, 6.45) is -0.574. The Kier molecular flexibility index (Phi) is 8.51. The van der Waals surface area contributed by atoms with E-state index >= 15 is 0 Å². The summed E-state index contributed by atoms with van der Waals surface area (Å²) >= 11 is 0. The number of rotatable bonds is 6. The number of carbonyl (C=O) groups excluding carboxylic acids is 1. The number of halogens is 3. The number of primary amides is 1. The van der Waals surface area contributed by atoms with Crippen LogP contribution in [-0.4, -0.2) is 59.7 Å². The van der Waals surface area contributed by atoms with Crippen LogP contribution in [0.15, 0.2) is 17.1 Å². The zero-order valence-electron chi connectivity index (χ0n) is 21.6. The van der Waals surface area contributed by atoms with Gasteiger partial charge in [-0.05, 0) is 64.4 Å². The lowest BCUT2D eigenvalue weighted by Crippen LogP contribution is -2.70. The van der Waals surface area contributed by atoms with E-state index in [1.807, 2.05) is 13.8 Å². The van der Waals surface area contributed by atoms with Gasteiger partial charge in [0.2, 0.25) is 5.91 Å². The molecule has 0 aromatic carbocycles. The van der Waals surface area contributed by atoms with E-state index in [1.54, 1.807) is 16.8 Å². The summed E-state index contributed by atoms with van der Waals surface area (Å²) in [5.41, 5.74) is 12.8. The molecule has 7 N–H and O–H groups in total. The number of nitrogens with two attached hydrogens (primary N) is 2. The number of aromatic nitrogens is 1. The van der Waals surface area contributed by atoms with Crippen molar-refractivity contribution in [1.29, 1.82) is 0 Å². The lowest BCUT2D eigenvalue weighted by Gasteiger charge is -2.44. The first-order valence-corrected chi connectivity index (χ1v) is 13.3. The Bertz CT molecular complexity index is 1010. The first-order valence-electron chi connectivity index (χ1n) is 13.3. The third kappa shape index (κ3) is 6.47. The highest BCUT2D eigenvalue weighted by Crippen LogP contribution is 2.42. The Hall–Kier alpha value is -2.15. The number of pyridine rings is 1. The van der Waals surface area contributed by atoms with Gasteiger partial charge in [-0.1, -0.05) is 0 Å². The minimum absolute atomic E-state index is 0.0200. The standard InChI is InChI=1S/C25H40F3N7O2/c1-14(2)35-13-18(10-19(23(35)37)15-5-7-16(8-6-15)25(26,27)28)32-22-20(21(30)36)11-31-24(33-22)34-9-3-4-17(29)12-34/h10,13-17,20,22,24,31-33H,3-9,11-12,29H2,1-2H3,(H2,30,36)/t15?,16?,17-,20?,22?,24?/m0/s1. The molecule has 37 heavy (non-hydrogen) atoms. The number of hydrogen-bond donors (Lipinski definition) is 5. The molecule has 3 aliphatic rings. The average Bonchev–Trinajstić information content (AvgIpc) is 2.84. The van der Waals surface area contributed by atoms with Crippen molar-refractivity contribution >= 4 is 11.6 Å². The van der Waals surface area contributed by atoms with Crippen LogP contribution in [0.5, 0.6) is 0 Å². The summed E-state index contributed by atoms with van der Waals surface area (Å²) in [5, 5.41) is 10.2. The molecule has 2 saturated heterocycles. The van der Waals surface area contributed by atoms with Crippen molar-refractivity contribution in [2.45, 2.75) is 89.0 Å². The van der Waals surface area contributed by atoms with E-state index in [0.29, 0.717) is 30.6 Å². The molecule has 208 valence electrons. The maximum absolute atomic E-state index is 13.3. The quantitative estimate of drug-likeness (QED) is 0.383. The average molecular weight is 528 g/mol. The van der Waals surface area contributed by atoms with Gasteiger partial charge in [-0.25, -0.2) is 0 Å². The second kappa shape index (κ2) is 11.3. The zero-order valence-corrected chi connectivity index (χ0v) is 21.6. The Labute approximate surface area is 215 Å². The van der Waals surface area contributed by atoms with Crippen molar-refractivity contribution in [2.24, 2.45) is 23.3 Å². The molecule has 4 rings (SSSR count). The first kappa shape index (κ1) is 27.9. The van der Waals surface area contributed by atoms with Gasteiger partial charge in [0, 0.05) is 43.5 Å². The van der Waals surface area contributed by atoms with E-state index in [0.717, 1.165) is 25.9 Å². The number of hydrogen-bond acceptors (Lipinski definition) is 7. The van der Waals surface area contributed by atoms with Crippen LogP contribution in [0.1, 0.15) is 69.9 Å². The Morgan fingerprint density at radius 1 is 1.19 bits per heavy atom. The fraction of sp³-hybridized carbons (Fsp3) is 0.760. The lowest BCUT2D eigenvalue weighted by atomic mass is 9.78. The molecule has 1 saturated carbocycles. The second-order valence-electron chi connectivity index (χ2n) is 11.1. The van der Waals surface area contributed by atoms with Crippen LogP contribution in [0.2, 0.25) is 0 Å². The number of alkyl halides is 3. The summed E-state index contributed by atoms with van der Waals surface area (Å²) in [6, 6.07) is 1.69. The summed E-state index contributed by atoms with van der Waals surface area (Å²) in [4.78, 5) is 27.8. The molecule has 4 atom stereocenters. The van der Waals surface area contributed by atoms with Crippen LogP contribution in [0.3, 0.4) is 0 Å². The minimum atomic E-state index is -4.20. The third-order valence-electron chi connectivity index (χ3n) is 8.07. The van der Waals surface area contributed by atoms with Crippen LogP contribution >= 0.6 is 0 Å². The smallest absolute Gasteiger partial charge is 0.369 e. The maximum atomic E-state index is 13.3. The van der Waals surface area contributed by atoms with E-state index in [-0.39, 0.29) is 42.7 Å². The second-order valence-corrected chi connectivity index (χ2v) is 11.1. The molecule has 0 bridgehead atoms. The van der Waals surface area contributed by atoms with Crippen molar-refractivity contribution in [3.63, 3.8) is 0 Å². The highest BCUT2D eigenvalue weighted by atomic mass is 19.4. The highest BCUT2D eigenvalue weighted by Gasteiger charge is 2.42. The topological polar surface area (TPSA) is 130 Å². The molecular weight excluding hydrogens is 487 g/mol. The molecule has 9 nitrogen and oxygen atoms in total. The first-order chi connectivity index (χ1) is 17.4. The highest BCUT2D eigenvalue weighted by molar-refractivity contribution is 5.78. The third-order valence-corrected chi connectivity index (χ3v) is 8.07. The largest absolute Gasteiger partial charge is 0.391 e. The van der Waals surface area contributed by atoms with Gasteiger partial charge < -0.3 is 21.4 Å². The van der Waals surface area contributed by atoms with E-state index in [4.69, 9.17) is 11.5 Å². The molecule has 1 aromatic rings. The predicted molar refractivity (Wildman–Crippen MR) is 136 cm³/mol. The fourth-order valence-electron chi connectivity index (χ4n) is 5.91. The molecule has 0 radical (unpaired) electrons. The lowest BCUT2D eigenvalue weighted by molar-refractivity contribution is -0.182. The number of piperidine rings is 1. The van der Waals surface area contributed by atoms with E-state index in [2.05, 4.69) is 20.9 Å². The van der Waals surface area contributed by atoms with Crippen molar-refractivity contribution in [3.05, 3.63) is 28.2 Å². The summed E-state index contributed by atoms with van der Waals surface area (Å²) in [6.45, 7) is 5.74. The van der Waals surface area contributed by atoms with E-state index in [1.165, 1.54) is 0 Å². The van der Waals surface area contributed by atoms with Gasteiger partial charge in [0.15, 0.2) is 0 Å². The maximum Gasteiger partial charge on any atom is 0.391 e. The van der Waals surface area contributed by atoms with E-state index < -0.39 is 30.1 Å². The number of anilines is 1. The molecule has 1 aliphatic carbocycles. The van der Waals surface area contributed by atoms with Crippen molar-refractivity contribution in [2.75, 3.05) is 25.0 Å². The number of likely N-dealkylation sites (tertiary alicyclic amines) is 1. The van der Waals surface area contributed by atoms with Gasteiger partial charge in [0.25, 0.3) is 5.56 Å². The number of carbonyl (C=O) groups is 1. The van der Waals surface area contributed by atoms with Gasteiger partial charge in [-0.15, -0.1) is 0 Å². The predicted octanol–water partition coefficient (Wildman–Crippen LogP) is 2.00.